The lowest BCUT2D eigenvalue weighted by atomic mass is 9.93. The van der Waals surface area contributed by atoms with Crippen LogP contribution < -0.4 is 5.32 Å². The largest absolute Gasteiger partial charge is 0.468 e. The highest BCUT2D eigenvalue weighted by Crippen LogP contribution is 2.16. The molecule has 17 heavy (non-hydrogen) atoms. The van der Waals surface area contributed by atoms with Gasteiger partial charge in [-0.3, -0.25) is 4.79 Å². The summed E-state index contributed by atoms with van der Waals surface area (Å²) in [5.74, 6) is 0.453. The maximum atomic E-state index is 11.3. The van der Waals surface area contributed by atoms with Crippen molar-refractivity contribution in [2.75, 3.05) is 27.7 Å². The Hall–Kier alpha value is -0.610. The van der Waals surface area contributed by atoms with E-state index < -0.39 is 0 Å². The molecule has 0 saturated carbocycles. The molecule has 0 radical (unpaired) electrons. The fourth-order valence-corrected chi connectivity index (χ4v) is 2.16. The Morgan fingerprint density at radius 3 is 2.18 bits per heavy atom. The smallest absolute Gasteiger partial charge is 0.322 e. The standard InChI is InChI=1S/C13H28N2O2/c1-7-11(8-2)12(15(4)5)9-14-10(3)13(16)17-6/h10-12,14H,7-9H2,1-6H3. The third-order valence-corrected chi connectivity index (χ3v) is 3.44. The first-order valence-corrected chi connectivity index (χ1v) is 6.45. The van der Waals surface area contributed by atoms with Crippen molar-refractivity contribution < 1.29 is 9.53 Å². The molecule has 0 aromatic rings. The normalized spacial score (nSPS) is 15.1. The molecule has 0 aromatic heterocycles. The third kappa shape index (κ3) is 5.50. The van der Waals surface area contributed by atoms with Crippen molar-refractivity contribution in [1.29, 1.82) is 0 Å². The van der Waals surface area contributed by atoms with Gasteiger partial charge in [-0.1, -0.05) is 26.7 Å². The van der Waals surface area contributed by atoms with E-state index in [1.807, 2.05) is 6.92 Å². The van der Waals surface area contributed by atoms with Gasteiger partial charge in [0.2, 0.25) is 0 Å². The van der Waals surface area contributed by atoms with Crippen molar-refractivity contribution in [3.63, 3.8) is 0 Å². The van der Waals surface area contributed by atoms with Crippen molar-refractivity contribution in [3.8, 4) is 0 Å². The van der Waals surface area contributed by atoms with E-state index in [1.165, 1.54) is 7.11 Å². The molecule has 2 unspecified atom stereocenters. The second-order valence-electron chi connectivity index (χ2n) is 4.76. The lowest BCUT2D eigenvalue weighted by Gasteiger charge is -2.32. The van der Waals surface area contributed by atoms with Crippen molar-refractivity contribution >= 4 is 5.97 Å². The van der Waals surface area contributed by atoms with E-state index in [2.05, 4.69) is 38.2 Å². The van der Waals surface area contributed by atoms with Gasteiger partial charge in [-0.25, -0.2) is 0 Å². The average Bonchev–Trinajstić information content (AvgIpc) is 2.32. The molecule has 0 heterocycles. The van der Waals surface area contributed by atoms with E-state index in [4.69, 9.17) is 4.74 Å². The van der Waals surface area contributed by atoms with Crippen LogP contribution in [0.3, 0.4) is 0 Å². The molecular weight excluding hydrogens is 216 g/mol. The lowest BCUT2D eigenvalue weighted by Crippen LogP contribution is -2.47. The minimum Gasteiger partial charge on any atom is -0.468 e. The van der Waals surface area contributed by atoms with E-state index in [0.717, 1.165) is 19.4 Å². The second kappa shape index (κ2) is 8.48. The Bertz CT molecular complexity index is 215. The molecule has 4 heteroatoms. The van der Waals surface area contributed by atoms with Gasteiger partial charge in [-0.05, 0) is 26.9 Å². The van der Waals surface area contributed by atoms with E-state index >= 15 is 0 Å². The summed E-state index contributed by atoms with van der Waals surface area (Å²) >= 11 is 0. The Kier molecular flexibility index (Phi) is 8.17. The zero-order chi connectivity index (χ0) is 13.4. The van der Waals surface area contributed by atoms with E-state index in [-0.39, 0.29) is 12.0 Å². The number of methoxy groups -OCH3 is 1. The molecule has 1 N–H and O–H groups in total. The van der Waals surface area contributed by atoms with Gasteiger partial charge in [0.05, 0.1) is 7.11 Å². The molecule has 2 atom stereocenters. The summed E-state index contributed by atoms with van der Waals surface area (Å²) in [6.07, 6.45) is 2.32. The van der Waals surface area contributed by atoms with E-state index in [1.54, 1.807) is 0 Å². The van der Waals surface area contributed by atoms with Gasteiger partial charge in [-0.2, -0.15) is 0 Å². The van der Waals surface area contributed by atoms with E-state index in [0.29, 0.717) is 12.0 Å². The first-order chi connectivity index (χ1) is 7.97. The number of esters is 1. The topological polar surface area (TPSA) is 41.6 Å². The van der Waals surface area contributed by atoms with Gasteiger partial charge in [0.1, 0.15) is 6.04 Å². The summed E-state index contributed by atoms with van der Waals surface area (Å²) in [5, 5.41) is 3.25. The monoisotopic (exact) mass is 244 g/mol. The third-order valence-electron chi connectivity index (χ3n) is 3.44. The van der Waals surface area contributed by atoms with Crippen molar-refractivity contribution in [3.05, 3.63) is 0 Å². The zero-order valence-electron chi connectivity index (χ0n) is 12.1. The summed E-state index contributed by atoms with van der Waals surface area (Å²) in [4.78, 5) is 13.5. The average molecular weight is 244 g/mol. The molecule has 0 saturated heterocycles. The molecule has 0 aromatic carbocycles. The highest BCUT2D eigenvalue weighted by Gasteiger charge is 2.22. The number of carbonyl (C=O) groups excluding carboxylic acids is 1. The van der Waals surface area contributed by atoms with Crippen LogP contribution in [-0.4, -0.2) is 50.7 Å². The fourth-order valence-electron chi connectivity index (χ4n) is 2.16. The predicted molar refractivity (Wildman–Crippen MR) is 71.0 cm³/mol. The number of hydrogen-bond donors (Lipinski definition) is 1. The van der Waals surface area contributed by atoms with Crippen LogP contribution in [0, 0.1) is 5.92 Å². The maximum absolute atomic E-state index is 11.3. The molecule has 102 valence electrons. The summed E-state index contributed by atoms with van der Waals surface area (Å²) in [6, 6.07) is 0.217. The maximum Gasteiger partial charge on any atom is 0.322 e. The Morgan fingerprint density at radius 1 is 1.29 bits per heavy atom. The SMILES string of the molecule is CCC(CC)C(CNC(C)C(=O)OC)N(C)C. The van der Waals surface area contributed by atoms with Crippen LogP contribution in [0.1, 0.15) is 33.6 Å². The summed E-state index contributed by atoms with van der Waals surface area (Å²) < 4.78 is 4.70. The van der Waals surface area contributed by atoms with E-state index in [9.17, 15) is 4.79 Å². The minimum absolute atomic E-state index is 0.202. The van der Waals surface area contributed by atoms with Crippen LogP contribution in [0.5, 0.6) is 0 Å². The number of likely N-dealkylation sites (N-methyl/N-ethyl adjacent to an activating group) is 1. The van der Waals surface area contributed by atoms with Gasteiger partial charge in [0.25, 0.3) is 0 Å². The lowest BCUT2D eigenvalue weighted by molar-refractivity contribution is -0.142. The van der Waals surface area contributed by atoms with Gasteiger partial charge in [0.15, 0.2) is 0 Å². The molecule has 0 bridgehead atoms. The molecular formula is C13H28N2O2. The van der Waals surface area contributed by atoms with Crippen LogP contribution in [0.2, 0.25) is 0 Å². The summed E-state index contributed by atoms with van der Waals surface area (Å²) in [7, 11) is 5.60. The molecule has 0 aliphatic rings. The number of ether oxygens (including phenoxy) is 1. The Labute approximate surface area is 106 Å². The highest BCUT2D eigenvalue weighted by molar-refractivity contribution is 5.75. The second-order valence-corrected chi connectivity index (χ2v) is 4.76. The van der Waals surface area contributed by atoms with Crippen LogP contribution in [0.4, 0.5) is 0 Å². The first-order valence-electron chi connectivity index (χ1n) is 6.45. The van der Waals surface area contributed by atoms with Crippen molar-refractivity contribution in [2.24, 2.45) is 5.92 Å². The fraction of sp³-hybridized carbons (Fsp3) is 0.923. The number of rotatable bonds is 8. The molecule has 0 aliphatic carbocycles. The molecule has 0 spiro atoms. The van der Waals surface area contributed by atoms with Crippen LogP contribution in [-0.2, 0) is 9.53 Å². The molecule has 0 fully saturated rings. The van der Waals surface area contributed by atoms with Crippen molar-refractivity contribution in [1.82, 2.24) is 10.2 Å². The van der Waals surface area contributed by atoms with Crippen LogP contribution in [0.15, 0.2) is 0 Å². The molecule has 4 nitrogen and oxygen atoms in total. The summed E-state index contributed by atoms with van der Waals surface area (Å²) in [5.41, 5.74) is 0. The predicted octanol–water partition coefficient (Wildman–Crippen LogP) is 1.50. The Balaban J connectivity index is 4.31. The molecule has 0 amide bonds. The first kappa shape index (κ1) is 16.4. The molecule has 0 rings (SSSR count). The van der Waals surface area contributed by atoms with Gasteiger partial charge in [0, 0.05) is 12.6 Å². The number of nitrogens with one attached hydrogen (secondary N) is 1. The quantitative estimate of drug-likeness (QED) is 0.657. The number of nitrogens with zero attached hydrogens (tertiary/aromatic N) is 1. The summed E-state index contributed by atoms with van der Waals surface area (Å²) in [6.45, 7) is 7.09. The molecule has 0 aliphatic heterocycles. The van der Waals surface area contributed by atoms with Crippen LogP contribution in [0.25, 0.3) is 0 Å². The highest BCUT2D eigenvalue weighted by atomic mass is 16.5. The zero-order valence-corrected chi connectivity index (χ0v) is 12.1. The Morgan fingerprint density at radius 2 is 1.82 bits per heavy atom. The number of hydrogen-bond acceptors (Lipinski definition) is 4. The van der Waals surface area contributed by atoms with Crippen molar-refractivity contribution in [2.45, 2.75) is 45.7 Å². The van der Waals surface area contributed by atoms with Gasteiger partial charge < -0.3 is 15.0 Å². The number of carbonyl (C=O) groups is 1. The van der Waals surface area contributed by atoms with Gasteiger partial charge >= 0.3 is 5.97 Å². The van der Waals surface area contributed by atoms with Crippen LogP contribution >= 0.6 is 0 Å². The minimum atomic E-state index is -0.239. The van der Waals surface area contributed by atoms with Gasteiger partial charge in [-0.15, -0.1) is 0 Å².